The summed E-state index contributed by atoms with van der Waals surface area (Å²) in [5.74, 6) is 1.45. The molecule has 0 aliphatic heterocycles. The van der Waals surface area contributed by atoms with Crippen LogP contribution in [-0.4, -0.2) is 40.5 Å². The zero-order chi connectivity index (χ0) is 23.1. The van der Waals surface area contributed by atoms with Crippen LogP contribution >= 0.6 is 43.5 Å². The molecule has 1 aromatic heterocycles. The molecule has 0 saturated heterocycles. The van der Waals surface area contributed by atoms with Gasteiger partial charge in [0.15, 0.2) is 5.82 Å². The van der Waals surface area contributed by atoms with E-state index in [9.17, 15) is 0 Å². The summed E-state index contributed by atoms with van der Waals surface area (Å²) in [7, 11) is 0. The van der Waals surface area contributed by atoms with Crippen molar-refractivity contribution >= 4 is 72.3 Å². The van der Waals surface area contributed by atoms with E-state index in [1.54, 1.807) is 0 Å². The fourth-order valence-corrected chi connectivity index (χ4v) is 4.43. The zero-order valence-electron chi connectivity index (χ0n) is 18.7. The summed E-state index contributed by atoms with van der Waals surface area (Å²) in [5.41, 5.74) is 1.82. The highest BCUT2D eigenvalue weighted by atomic mass is 79.9. The topological polar surface area (TPSA) is 41.0 Å². The van der Waals surface area contributed by atoms with Gasteiger partial charge in [-0.2, -0.15) is 0 Å². The molecule has 1 atom stereocenters. The van der Waals surface area contributed by atoms with Gasteiger partial charge in [0.25, 0.3) is 0 Å². The predicted molar refractivity (Wildman–Crippen MR) is 145 cm³/mol. The van der Waals surface area contributed by atoms with E-state index in [1.165, 1.54) is 0 Å². The van der Waals surface area contributed by atoms with Gasteiger partial charge in [0.2, 0.25) is 0 Å². The van der Waals surface area contributed by atoms with Crippen LogP contribution in [0.15, 0.2) is 45.3 Å². The lowest BCUT2D eigenvalue weighted by molar-refractivity contribution is 0.295. The number of para-hydroxylation sites is 1. The Kier molecular flexibility index (Phi) is 9.53. The zero-order valence-corrected chi connectivity index (χ0v) is 22.6. The normalized spacial score (nSPS) is 12.7. The lowest BCUT2D eigenvalue weighted by Gasteiger charge is -2.20. The number of nitrogens with zero attached hydrogens (tertiary/aromatic N) is 3. The van der Waals surface area contributed by atoms with E-state index in [1.807, 2.05) is 48.6 Å². The van der Waals surface area contributed by atoms with E-state index in [-0.39, 0.29) is 0 Å². The minimum Gasteiger partial charge on any atom is -0.367 e. The number of hydrogen-bond acceptors (Lipinski definition) is 4. The minimum atomic E-state index is 0.293. The molecule has 0 fully saturated rings. The number of benzene rings is 2. The van der Waals surface area contributed by atoms with Gasteiger partial charge in [0.1, 0.15) is 5.82 Å². The van der Waals surface area contributed by atoms with E-state index >= 15 is 0 Å². The molecule has 3 rings (SSSR count). The fourth-order valence-electron chi connectivity index (χ4n) is 3.57. The van der Waals surface area contributed by atoms with Crippen LogP contribution in [0, 0.1) is 0 Å². The van der Waals surface area contributed by atoms with Crippen molar-refractivity contribution in [3.05, 3.63) is 61.8 Å². The Morgan fingerprint density at radius 2 is 1.84 bits per heavy atom. The molecule has 0 bridgehead atoms. The maximum absolute atomic E-state index is 6.48. The van der Waals surface area contributed by atoms with E-state index in [0.717, 1.165) is 63.7 Å². The van der Waals surface area contributed by atoms with Crippen molar-refractivity contribution in [3.63, 3.8) is 0 Å². The standard InChI is InChI=1S/C25H29Br2ClN4/c1-4-32(5-2)15-7-8-17(3)29-25-19-9-6-10-22(28)24(19)30-23(31-25)14-12-18-11-13-20(26)21(27)16-18/h6,9-14,16-17H,4-5,7-8,15H2,1-3H3,(H,29,30,31)/b14-12+. The van der Waals surface area contributed by atoms with Crippen LogP contribution in [-0.2, 0) is 0 Å². The van der Waals surface area contributed by atoms with E-state index < -0.39 is 0 Å². The molecular weight excluding hydrogens is 552 g/mol. The number of rotatable bonds is 10. The van der Waals surface area contributed by atoms with Gasteiger partial charge < -0.3 is 10.2 Å². The number of nitrogens with one attached hydrogen (secondary N) is 1. The highest BCUT2D eigenvalue weighted by Crippen LogP contribution is 2.28. The van der Waals surface area contributed by atoms with Crippen molar-refractivity contribution in [2.45, 2.75) is 39.7 Å². The molecule has 0 amide bonds. The van der Waals surface area contributed by atoms with Crippen LogP contribution in [0.3, 0.4) is 0 Å². The first-order valence-corrected chi connectivity index (χ1v) is 13.0. The molecule has 0 aliphatic rings. The summed E-state index contributed by atoms with van der Waals surface area (Å²) >= 11 is 13.5. The quantitative estimate of drug-likeness (QED) is 0.265. The van der Waals surface area contributed by atoms with Gasteiger partial charge in [0, 0.05) is 20.4 Å². The number of anilines is 1. The Bertz CT molecular complexity index is 1080. The molecule has 0 radical (unpaired) electrons. The van der Waals surface area contributed by atoms with E-state index in [0.29, 0.717) is 16.9 Å². The molecule has 32 heavy (non-hydrogen) atoms. The van der Waals surface area contributed by atoms with Crippen LogP contribution in [0.25, 0.3) is 23.1 Å². The number of hydrogen-bond donors (Lipinski definition) is 1. The number of halogens is 3. The molecule has 0 saturated carbocycles. The van der Waals surface area contributed by atoms with Crippen molar-refractivity contribution in [1.29, 1.82) is 0 Å². The molecule has 2 aromatic carbocycles. The second-order valence-electron chi connectivity index (χ2n) is 7.79. The van der Waals surface area contributed by atoms with Gasteiger partial charge >= 0.3 is 0 Å². The summed E-state index contributed by atoms with van der Waals surface area (Å²) in [6.07, 6.45) is 6.15. The van der Waals surface area contributed by atoms with Crippen molar-refractivity contribution < 1.29 is 0 Å². The van der Waals surface area contributed by atoms with Crippen LogP contribution in [0.2, 0.25) is 5.02 Å². The van der Waals surface area contributed by atoms with Gasteiger partial charge in [-0.1, -0.05) is 43.7 Å². The Labute approximate surface area is 212 Å². The summed E-state index contributed by atoms with van der Waals surface area (Å²) in [5, 5.41) is 5.17. The smallest absolute Gasteiger partial charge is 0.155 e. The third-order valence-electron chi connectivity index (χ3n) is 5.45. The van der Waals surface area contributed by atoms with Crippen molar-refractivity contribution in [2.75, 3.05) is 25.0 Å². The first kappa shape index (κ1) is 25.2. The summed E-state index contributed by atoms with van der Waals surface area (Å²) < 4.78 is 2.02. The van der Waals surface area contributed by atoms with Crippen LogP contribution in [0.4, 0.5) is 5.82 Å². The fraction of sp³-hybridized carbons (Fsp3) is 0.360. The molecule has 1 unspecified atom stereocenters. The third kappa shape index (κ3) is 6.77. The van der Waals surface area contributed by atoms with Crippen molar-refractivity contribution in [1.82, 2.24) is 14.9 Å². The first-order valence-electron chi connectivity index (χ1n) is 11.0. The van der Waals surface area contributed by atoms with Crippen LogP contribution in [0.1, 0.15) is 45.0 Å². The SMILES string of the molecule is CCN(CC)CCCC(C)Nc1nc(/C=C/c2ccc(Br)c(Br)c2)nc2c(Cl)cccc12. The predicted octanol–water partition coefficient (Wildman–Crippen LogP) is 7.90. The molecule has 1 heterocycles. The third-order valence-corrected chi connectivity index (χ3v) is 7.64. The van der Waals surface area contributed by atoms with Gasteiger partial charge in [-0.25, -0.2) is 9.97 Å². The number of fused-ring (bicyclic) bond motifs is 1. The Morgan fingerprint density at radius 3 is 2.56 bits per heavy atom. The second-order valence-corrected chi connectivity index (χ2v) is 9.90. The second kappa shape index (κ2) is 12.1. The lowest BCUT2D eigenvalue weighted by atomic mass is 10.1. The molecular formula is C25H29Br2ClN4. The van der Waals surface area contributed by atoms with Gasteiger partial charge in [-0.05, 0) is 107 Å². The average molecular weight is 581 g/mol. The Morgan fingerprint density at radius 1 is 1.06 bits per heavy atom. The molecule has 170 valence electrons. The molecule has 1 N–H and O–H groups in total. The monoisotopic (exact) mass is 578 g/mol. The van der Waals surface area contributed by atoms with Crippen LogP contribution < -0.4 is 5.32 Å². The Hall–Kier alpha value is -1.47. The molecule has 3 aromatic rings. The largest absolute Gasteiger partial charge is 0.367 e. The minimum absolute atomic E-state index is 0.293. The summed E-state index contributed by atoms with van der Waals surface area (Å²) in [6, 6.07) is 12.2. The van der Waals surface area contributed by atoms with Crippen LogP contribution in [0.5, 0.6) is 0 Å². The Balaban J connectivity index is 1.82. The maximum atomic E-state index is 6.48. The van der Waals surface area contributed by atoms with E-state index in [4.69, 9.17) is 21.6 Å². The van der Waals surface area contributed by atoms with E-state index in [2.05, 4.69) is 62.8 Å². The summed E-state index contributed by atoms with van der Waals surface area (Å²) in [4.78, 5) is 12.0. The maximum Gasteiger partial charge on any atom is 0.155 e. The molecule has 0 aliphatic carbocycles. The first-order chi connectivity index (χ1) is 15.4. The highest BCUT2D eigenvalue weighted by Gasteiger charge is 2.12. The van der Waals surface area contributed by atoms with Gasteiger partial charge in [-0.3, -0.25) is 0 Å². The van der Waals surface area contributed by atoms with Gasteiger partial charge in [0.05, 0.1) is 10.5 Å². The molecule has 7 heteroatoms. The lowest BCUT2D eigenvalue weighted by Crippen LogP contribution is -2.25. The van der Waals surface area contributed by atoms with Crippen molar-refractivity contribution in [3.8, 4) is 0 Å². The average Bonchev–Trinajstić information content (AvgIpc) is 2.78. The number of aromatic nitrogens is 2. The molecule has 0 spiro atoms. The summed E-state index contributed by atoms with van der Waals surface area (Å²) in [6.45, 7) is 9.94. The van der Waals surface area contributed by atoms with Gasteiger partial charge in [-0.15, -0.1) is 0 Å². The van der Waals surface area contributed by atoms with Crippen molar-refractivity contribution in [2.24, 2.45) is 0 Å². The molecule has 4 nitrogen and oxygen atoms in total. The highest BCUT2D eigenvalue weighted by molar-refractivity contribution is 9.13.